The topological polar surface area (TPSA) is 96.5 Å². The first-order valence-electron chi connectivity index (χ1n) is 18.4. The highest BCUT2D eigenvalue weighted by atomic mass is 32.2. The van der Waals surface area contributed by atoms with E-state index < -0.39 is 33.6 Å². The minimum atomic E-state index is -1.07. The van der Waals surface area contributed by atoms with Gasteiger partial charge in [-0.3, -0.25) is 9.59 Å². The standard InChI is InChI=1S/C47H45N3O4S2/c1-48-43(51)41(33-55-46(35-21-9-3-10-22-35,36-23-11-4-12-24-36)37-25-13-5-14-26-37)49-44(52)42(50-45(53)54-2)34-56-47(38-27-15-6-16-28-38,39-29-17-7-18-30-39)40-31-19-8-20-32-40/h3-32,41-42H,33-34H2,1-2H3,(H,48,51)(H,49,52)(H,50,53)/t41-,42-/m0/s1. The lowest BCUT2D eigenvalue weighted by molar-refractivity contribution is -0.128. The summed E-state index contributed by atoms with van der Waals surface area (Å²) >= 11 is 3.10. The third-order valence-electron chi connectivity index (χ3n) is 9.69. The Morgan fingerprint density at radius 1 is 0.464 bits per heavy atom. The van der Waals surface area contributed by atoms with Gasteiger partial charge in [0.15, 0.2) is 0 Å². The molecule has 0 fully saturated rings. The summed E-state index contributed by atoms with van der Waals surface area (Å²) in [6.07, 6.45) is -0.752. The predicted octanol–water partition coefficient (Wildman–Crippen LogP) is 8.39. The van der Waals surface area contributed by atoms with Crippen LogP contribution >= 0.6 is 23.5 Å². The van der Waals surface area contributed by atoms with Crippen molar-refractivity contribution in [2.75, 3.05) is 25.7 Å². The first-order chi connectivity index (χ1) is 27.4. The van der Waals surface area contributed by atoms with Crippen molar-refractivity contribution in [2.45, 2.75) is 21.6 Å². The third-order valence-corrected chi connectivity index (χ3v) is 13.0. The number of hydrogen-bond acceptors (Lipinski definition) is 6. The number of benzene rings is 6. The number of carbonyl (C=O) groups excluding carboxylic acids is 3. The number of carbonyl (C=O) groups is 3. The van der Waals surface area contributed by atoms with E-state index in [0.29, 0.717) is 0 Å². The number of rotatable bonds is 16. The highest BCUT2D eigenvalue weighted by Crippen LogP contribution is 2.50. The minimum absolute atomic E-state index is 0.148. The monoisotopic (exact) mass is 779 g/mol. The molecule has 7 nitrogen and oxygen atoms in total. The van der Waals surface area contributed by atoms with Gasteiger partial charge in [-0.15, -0.1) is 23.5 Å². The van der Waals surface area contributed by atoms with Crippen LogP contribution in [0.25, 0.3) is 0 Å². The summed E-state index contributed by atoms with van der Waals surface area (Å²) in [5, 5.41) is 8.55. The van der Waals surface area contributed by atoms with E-state index in [1.165, 1.54) is 18.9 Å². The molecule has 9 heteroatoms. The number of alkyl carbamates (subject to hydrolysis) is 1. The Kier molecular flexibility index (Phi) is 13.7. The van der Waals surface area contributed by atoms with Crippen LogP contribution in [0.15, 0.2) is 182 Å². The molecule has 0 aromatic heterocycles. The maximum absolute atomic E-state index is 14.5. The van der Waals surface area contributed by atoms with Crippen molar-refractivity contribution in [2.24, 2.45) is 0 Å². The summed E-state index contributed by atoms with van der Waals surface area (Å²) in [5.74, 6) is -0.505. The van der Waals surface area contributed by atoms with Gasteiger partial charge in [-0.2, -0.15) is 0 Å². The number of thioether (sulfide) groups is 2. The average molecular weight is 780 g/mol. The van der Waals surface area contributed by atoms with Gasteiger partial charge in [-0.05, 0) is 33.4 Å². The Hall–Kier alpha value is -5.77. The normalized spacial score (nSPS) is 12.5. The molecule has 3 amide bonds. The number of likely N-dealkylation sites (N-methyl/N-ethyl adjacent to an activating group) is 1. The van der Waals surface area contributed by atoms with Crippen molar-refractivity contribution in [3.05, 3.63) is 215 Å². The zero-order chi connectivity index (χ0) is 39.2. The molecule has 0 radical (unpaired) electrons. The zero-order valence-corrected chi connectivity index (χ0v) is 33.0. The fraction of sp³-hybridized carbons (Fsp3) is 0.170. The van der Waals surface area contributed by atoms with Crippen LogP contribution in [0.3, 0.4) is 0 Å². The maximum atomic E-state index is 14.5. The summed E-state index contributed by atoms with van der Waals surface area (Å²) in [4.78, 5) is 41.1. The van der Waals surface area contributed by atoms with Crippen molar-refractivity contribution >= 4 is 41.4 Å². The van der Waals surface area contributed by atoms with Gasteiger partial charge in [0.25, 0.3) is 0 Å². The first kappa shape index (κ1) is 39.9. The molecule has 0 spiro atoms. The van der Waals surface area contributed by atoms with Gasteiger partial charge in [0, 0.05) is 18.6 Å². The number of ether oxygens (including phenoxy) is 1. The van der Waals surface area contributed by atoms with Crippen LogP contribution in [0.5, 0.6) is 0 Å². The van der Waals surface area contributed by atoms with Crippen LogP contribution in [0.2, 0.25) is 0 Å². The van der Waals surface area contributed by atoms with E-state index in [0.717, 1.165) is 33.4 Å². The molecular formula is C47H45N3O4S2. The number of methoxy groups -OCH3 is 1. The molecule has 6 aromatic carbocycles. The second-order valence-corrected chi connectivity index (χ2v) is 15.5. The first-order valence-corrected chi connectivity index (χ1v) is 20.4. The highest BCUT2D eigenvalue weighted by Gasteiger charge is 2.41. The number of amides is 3. The molecule has 3 N–H and O–H groups in total. The van der Waals surface area contributed by atoms with Crippen molar-refractivity contribution in [1.82, 2.24) is 16.0 Å². The van der Waals surface area contributed by atoms with E-state index in [2.05, 4.69) is 88.7 Å². The maximum Gasteiger partial charge on any atom is 0.407 e. The molecule has 0 aliphatic rings. The SMILES string of the molecule is CNC(=O)[C@H](CSC(c1ccccc1)(c1ccccc1)c1ccccc1)NC(=O)[C@H](CSC(c1ccccc1)(c1ccccc1)c1ccccc1)NC(=O)OC. The largest absolute Gasteiger partial charge is 0.453 e. The van der Waals surface area contributed by atoms with Crippen LogP contribution in [0.1, 0.15) is 33.4 Å². The summed E-state index contributed by atoms with van der Waals surface area (Å²) in [7, 11) is 2.82. The Labute approximate surface area is 337 Å². The Morgan fingerprint density at radius 2 is 0.732 bits per heavy atom. The number of hydrogen-bond donors (Lipinski definition) is 3. The second kappa shape index (κ2) is 19.2. The van der Waals surface area contributed by atoms with Crippen LogP contribution in [0, 0.1) is 0 Å². The van der Waals surface area contributed by atoms with E-state index in [4.69, 9.17) is 4.74 Å². The molecule has 0 saturated carbocycles. The van der Waals surface area contributed by atoms with Gasteiger partial charge in [0.05, 0.1) is 16.6 Å². The molecule has 0 aliphatic heterocycles. The van der Waals surface area contributed by atoms with Gasteiger partial charge < -0.3 is 20.7 Å². The Morgan fingerprint density at radius 3 is 0.982 bits per heavy atom. The van der Waals surface area contributed by atoms with Crippen molar-refractivity contribution < 1.29 is 19.1 Å². The lowest BCUT2D eigenvalue weighted by Crippen LogP contribution is -2.55. The van der Waals surface area contributed by atoms with E-state index >= 15 is 0 Å². The Bertz CT molecular complexity index is 1950. The van der Waals surface area contributed by atoms with E-state index in [-0.39, 0.29) is 17.4 Å². The fourth-order valence-electron chi connectivity index (χ4n) is 6.97. The molecule has 0 heterocycles. The van der Waals surface area contributed by atoms with Gasteiger partial charge in [0.1, 0.15) is 12.1 Å². The second-order valence-electron chi connectivity index (χ2n) is 13.0. The van der Waals surface area contributed by atoms with E-state index in [1.54, 1.807) is 18.8 Å². The summed E-state index contributed by atoms with van der Waals surface area (Å²) in [6, 6.07) is 58.9. The molecule has 6 aromatic rings. The van der Waals surface area contributed by atoms with Gasteiger partial charge in [0.2, 0.25) is 11.8 Å². The molecule has 56 heavy (non-hydrogen) atoms. The van der Waals surface area contributed by atoms with Crippen molar-refractivity contribution in [3.63, 3.8) is 0 Å². The number of nitrogens with one attached hydrogen (secondary N) is 3. The molecule has 6 rings (SSSR count). The van der Waals surface area contributed by atoms with Gasteiger partial charge in [-0.1, -0.05) is 182 Å². The van der Waals surface area contributed by atoms with Crippen molar-refractivity contribution in [1.29, 1.82) is 0 Å². The smallest absolute Gasteiger partial charge is 0.407 e. The molecule has 0 unspecified atom stereocenters. The van der Waals surface area contributed by atoms with Gasteiger partial charge in [-0.25, -0.2) is 4.79 Å². The van der Waals surface area contributed by atoms with Crippen molar-refractivity contribution in [3.8, 4) is 0 Å². The Balaban J connectivity index is 1.35. The van der Waals surface area contributed by atoms with E-state index in [9.17, 15) is 14.4 Å². The molecule has 2 atom stereocenters. The minimum Gasteiger partial charge on any atom is -0.453 e. The lowest BCUT2D eigenvalue weighted by Gasteiger charge is -2.37. The summed E-state index contributed by atoms with van der Waals surface area (Å²) in [6.45, 7) is 0. The summed E-state index contributed by atoms with van der Waals surface area (Å²) in [5.41, 5.74) is 6.13. The van der Waals surface area contributed by atoms with Crippen LogP contribution in [0.4, 0.5) is 4.79 Å². The van der Waals surface area contributed by atoms with Crippen LogP contribution < -0.4 is 16.0 Å². The third kappa shape index (κ3) is 8.85. The molecule has 0 aliphatic carbocycles. The highest BCUT2D eigenvalue weighted by molar-refractivity contribution is 8.01. The predicted molar refractivity (Wildman–Crippen MR) is 229 cm³/mol. The molecule has 0 saturated heterocycles. The fourth-order valence-corrected chi connectivity index (χ4v) is 10.1. The molecule has 0 bridgehead atoms. The van der Waals surface area contributed by atoms with Crippen LogP contribution in [-0.2, 0) is 23.8 Å². The van der Waals surface area contributed by atoms with Crippen LogP contribution in [-0.4, -0.2) is 55.7 Å². The lowest BCUT2D eigenvalue weighted by atomic mass is 9.84. The zero-order valence-electron chi connectivity index (χ0n) is 31.3. The molecular weight excluding hydrogens is 735 g/mol. The molecule has 284 valence electrons. The van der Waals surface area contributed by atoms with E-state index in [1.807, 2.05) is 109 Å². The average Bonchev–Trinajstić information content (AvgIpc) is 3.27. The quantitative estimate of drug-likeness (QED) is 0.0855. The summed E-state index contributed by atoms with van der Waals surface area (Å²) < 4.78 is 3.53. The van der Waals surface area contributed by atoms with Gasteiger partial charge >= 0.3 is 6.09 Å².